The molecule has 1 N–H and O–H groups in total. The van der Waals surface area contributed by atoms with E-state index in [-0.39, 0.29) is 21.6 Å². The molecule has 0 atom stereocenters. The molecule has 144 valence electrons. The van der Waals surface area contributed by atoms with Gasteiger partial charge >= 0.3 is 5.97 Å². The first-order chi connectivity index (χ1) is 13.2. The molecular formula is C18H15N3O6S. The van der Waals surface area contributed by atoms with Gasteiger partial charge in [-0.1, -0.05) is 0 Å². The van der Waals surface area contributed by atoms with Crippen molar-refractivity contribution in [3.63, 3.8) is 0 Å². The number of aromatic nitrogens is 2. The van der Waals surface area contributed by atoms with Crippen LogP contribution in [0.15, 0.2) is 43.2 Å². The van der Waals surface area contributed by atoms with Crippen LogP contribution in [0.3, 0.4) is 0 Å². The topological polar surface area (TPSA) is 132 Å². The number of carboxylic acid groups (broad SMARTS) is 1. The van der Waals surface area contributed by atoms with Crippen LogP contribution in [0.1, 0.15) is 22.8 Å². The van der Waals surface area contributed by atoms with Crippen molar-refractivity contribution in [1.29, 1.82) is 0 Å². The van der Waals surface area contributed by atoms with E-state index in [1.165, 1.54) is 12.1 Å². The number of nitrogens with zero attached hydrogens (tertiary/aromatic N) is 3. The van der Waals surface area contributed by atoms with Crippen LogP contribution in [-0.4, -0.2) is 26.2 Å². The molecule has 1 aromatic carbocycles. The van der Waals surface area contributed by atoms with E-state index in [4.69, 9.17) is 8.83 Å². The second-order valence-electron chi connectivity index (χ2n) is 5.90. The van der Waals surface area contributed by atoms with Gasteiger partial charge < -0.3 is 13.9 Å². The van der Waals surface area contributed by atoms with Gasteiger partial charge in [0.15, 0.2) is 0 Å². The van der Waals surface area contributed by atoms with Crippen LogP contribution in [0.2, 0.25) is 0 Å². The van der Waals surface area contributed by atoms with E-state index in [1.807, 2.05) is 0 Å². The van der Waals surface area contributed by atoms with E-state index in [2.05, 4.69) is 10.2 Å². The van der Waals surface area contributed by atoms with Gasteiger partial charge in [-0.15, -0.1) is 10.2 Å². The molecule has 0 fully saturated rings. The Hall–Kier alpha value is -3.40. The van der Waals surface area contributed by atoms with Crippen LogP contribution in [0, 0.1) is 30.9 Å². The molecule has 10 heteroatoms. The highest BCUT2D eigenvalue weighted by molar-refractivity contribution is 8.03. The van der Waals surface area contributed by atoms with Crippen molar-refractivity contribution in [3.05, 3.63) is 62.1 Å². The molecule has 0 saturated heterocycles. The Morgan fingerprint density at radius 2 is 1.96 bits per heavy atom. The molecular weight excluding hydrogens is 386 g/mol. The van der Waals surface area contributed by atoms with Crippen molar-refractivity contribution in [1.82, 2.24) is 10.2 Å². The first-order valence-electron chi connectivity index (χ1n) is 8.03. The molecule has 3 aromatic rings. The number of carbonyl (C=O) groups is 1. The quantitative estimate of drug-likeness (QED) is 0.276. The first-order valence-corrected chi connectivity index (χ1v) is 8.85. The van der Waals surface area contributed by atoms with E-state index in [1.54, 1.807) is 39.0 Å². The fourth-order valence-electron chi connectivity index (χ4n) is 2.44. The lowest BCUT2D eigenvalue weighted by Gasteiger charge is -2.04. The smallest absolute Gasteiger partial charge is 0.342 e. The largest absolute Gasteiger partial charge is 0.477 e. The lowest BCUT2D eigenvalue weighted by atomic mass is 10.0. The van der Waals surface area contributed by atoms with Gasteiger partial charge in [0.1, 0.15) is 16.4 Å². The van der Waals surface area contributed by atoms with Gasteiger partial charge in [0.25, 0.3) is 10.9 Å². The lowest BCUT2D eigenvalue weighted by Crippen LogP contribution is -1.96. The van der Waals surface area contributed by atoms with Gasteiger partial charge in [-0.25, -0.2) is 4.79 Å². The molecule has 0 bridgehead atoms. The summed E-state index contributed by atoms with van der Waals surface area (Å²) in [5.41, 5.74) is 1.87. The number of rotatable bonds is 6. The normalized spacial score (nSPS) is 11.6. The minimum atomic E-state index is -1.18. The van der Waals surface area contributed by atoms with Crippen molar-refractivity contribution in [3.8, 4) is 11.3 Å². The first kappa shape index (κ1) is 19.4. The highest BCUT2D eigenvalue weighted by Crippen LogP contribution is 2.32. The third-order valence-corrected chi connectivity index (χ3v) is 4.79. The summed E-state index contributed by atoms with van der Waals surface area (Å²) in [5.74, 6) is -0.192. The number of thioether (sulfide) groups is 1. The Kier molecular flexibility index (Phi) is 5.32. The van der Waals surface area contributed by atoms with Crippen LogP contribution in [0.4, 0.5) is 5.69 Å². The predicted molar refractivity (Wildman–Crippen MR) is 101 cm³/mol. The summed E-state index contributed by atoms with van der Waals surface area (Å²) in [6.07, 6.45) is 1.32. The Bertz CT molecular complexity index is 1100. The third kappa shape index (κ3) is 4.12. The van der Waals surface area contributed by atoms with E-state index < -0.39 is 10.9 Å². The maximum Gasteiger partial charge on any atom is 0.342 e. The van der Waals surface area contributed by atoms with Crippen LogP contribution in [0.5, 0.6) is 0 Å². The fourth-order valence-corrected chi connectivity index (χ4v) is 3.13. The number of benzene rings is 1. The molecule has 0 saturated carbocycles. The highest BCUT2D eigenvalue weighted by atomic mass is 32.2. The van der Waals surface area contributed by atoms with Gasteiger partial charge in [0, 0.05) is 30.2 Å². The zero-order valence-corrected chi connectivity index (χ0v) is 15.9. The van der Waals surface area contributed by atoms with E-state index in [0.29, 0.717) is 22.8 Å². The highest BCUT2D eigenvalue weighted by Gasteiger charge is 2.18. The van der Waals surface area contributed by atoms with Gasteiger partial charge in [0.2, 0.25) is 5.89 Å². The number of aliphatic carboxylic acids is 1. The predicted octanol–water partition coefficient (Wildman–Crippen LogP) is 4.38. The van der Waals surface area contributed by atoms with E-state index in [0.717, 1.165) is 17.3 Å². The number of aryl methyl sites for hydroxylation is 2. The number of furan rings is 1. The molecule has 0 radical (unpaired) electrons. The molecule has 0 aliphatic carbocycles. The molecule has 0 spiro atoms. The summed E-state index contributed by atoms with van der Waals surface area (Å²) in [6.45, 7) is 5.06. The summed E-state index contributed by atoms with van der Waals surface area (Å²) in [5, 5.41) is 28.1. The molecule has 3 rings (SSSR count). The summed E-state index contributed by atoms with van der Waals surface area (Å²) < 4.78 is 10.9. The van der Waals surface area contributed by atoms with E-state index in [9.17, 15) is 20.0 Å². The number of nitro benzene ring substituents is 1. The lowest BCUT2D eigenvalue weighted by molar-refractivity contribution is -0.385. The van der Waals surface area contributed by atoms with Gasteiger partial charge in [-0.05, 0) is 49.4 Å². The molecule has 0 aliphatic heterocycles. The number of hydrogen-bond donors (Lipinski definition) is 1. The van der Waals surface area contributed by atoms with Gasteiger partial charge in [-0.3, -0.25) is 10.1 Å². The molecule has 9 nitrogen and oxygen atoms in total. The Morgan fingerprint density at radius 3 is 2.57 bits per heavy atom. The molecule has 0 aliphatic rings. The Morgan fingerprint density at radius 1 is 1.21 bits per heavy atom. The number of nitro groups is 1. The Balaban J connectivity index is 1.93. The second kappa shape index (κ2) is 7.69. The zero-order chi connectivity index (χ0) is 20.4. The van der Waals surface area contributed by atoms with E-state index >= 15 is 0 Å². The van der Waals surface area contributed by atoms with Crippen molar-refractivity contribution in [2.45, 2.75) is 26.0 Å². The monoisotopic (exact) mass is 401 g/mol. The van der Waals surface area contributed by atoms with Gasteiger partial charge in [0.05, 0.1) is 4.92 Å². The minimum Gasteiger partial charge on any atom is -0.477 e. The molecule has 2 heterocycles. The standard InChI is InChI=1S/C18H15N3O6S/c1-9-6-12(7-14(10(9)2)21(24)25)15-5-4-13(27-15)8-16(17(22)23)28-18-20-19-11(3)26-18/h4-8H,1-3H3,(H,22,23)/b16-8-. The minimum absolute atomic E-state index is 0.00274. The Labute approximate surface area is 163 Å². The average Bonchev–Trinajstić information content (AvgIpc) is 3.25. The van der Waals surface area contributed by atoms with Crippen molar-refractivity contribution >= 4 is 29.5 Å². The summed E-state index contributed by atoms with van der Waals surface area (Å²) in [7, 11) is 0. The van der Waals surface area contributed by atoms with Crippen molar-refractivity contribution in [2.24, 2.45) is 0 Å². The fraction of sp³-hybridized carbons (Fsp3) is 0.167. The van der Waals surface area contributed by atoms with Crippen molar-refractivity contribution in [2.75, 3.05) is 0 Å². The van der Waals surface area contributed by atoms with Crippen LogP contribution >= 0.6 is 11.8 Å². The molecule has 28 heavy (non-hydrogen) atoms. The number of hydrogen-bond acceptors (Lipinski definition) is 8. The van der Waals surface area contributed by atoms with Crippen molar-refractivity contribution < 1.29 is 23.7 Å². The van der Waals surface area contributed by atoms with Crippen LogP contribution < -0.4 is 0 Å². The SMILES string of the molecule is Cc1nnc(S/C(=C\c2ccc(-c3cc(C)c(C)c([N+](=O)[O-])c3)o2)C(=O)O)o1. The number of carboxylic acids is 1. The molecule has 2 aromatic heterocycles. The summed E-state index contributed by atoms with van der Waals surface area (Å²) >= 11 is 0.800. The average molecular weight is 401 g/mol. The molecule has 0 amide bonds. The van der Waals surface area contributed by atoms with Crippen LogP contribution in [0.25, 0.3) is 17.4 Å². The van der Waals surface area contributed by atoms with Gasteiger partial charge in [-0.2, -0.15) is 0 Å². The third-order valence-electron chi connectivity index (χ3n) is 3.94. The molecule has 0 unspecified atom stereocenters. The maximum atomic E-state index is 11.5. The summed E-state index contributed by atoms with van der Waals surface area (Å²) in [4.78, 5) is 22.2. The zero-order valence-electron chi connectivity index (χ0n) is 15.1. The van der Waals surface area contributed by atoms with Crippen LogP contribution in [-0.2, 0) is 4.79 Å². The summed E-state index contributed by atoms with van der Waals surface area (Å²) in [6, 6.07) is 6.42. The maximum absolute atomic E-state index is 11.5. The second-order valence-corrected chi connectivity index (χ2v) is 6.89.